The quantitative estimate of drug-likeness (QED) is 0.286. The van der Waals surface area contributed by atoms with Gasteiger partial charge in [-0.15, -0.1) is 0 Å². The maximum atomic E-state index is 13.1. The number of carbonyl (C=O) groups is 2. The molecule has 0 aromatic heterocycles. The highest BCUT2D eigenvalue weighted by Gasteiger charge is 2.15. The van der Waals surface area contributed by atoms with Gasteiger partial charge in [-0.3, -0.25) is 9.59 Å². The average molecular weight is 403 g/mol. The molecule has 0 aliphatic rings. The first-order valence-corrected chi connectivity index (χ1v) is 10.0. The topological polar surface area (TPSA) is 46.2 Å². The Bertz CT molecular complexity index is 1200. The van der Waals surface area contributed by atoms with Crippen LogP contribution in [0.5, 0.6) is 0 Å². The van der Waals surface area contributed by atoms with Gasteiger partial charge in [0.1, 0.15) is 0 Å². The molecule has 0 heterocycles. The molecule has 0 aliphatic heterocycles. The number of hydrogen-bond acceptors (Lipinski definition) is 3. The summed E-state index contributed by atoms with van der Waals surface area (Å²) in [6.07, 6.45) is 1.37. The van der Waals surface area contributed by atoms with Crippen LogP contribution in [0.3, 0.4) is 0 Å². The van der Waals surface area contributed by atoms with Crippen LogP contribution in [0.4, 0.5) is 5.69 Å². The van der Waals surface area contributed by atoms with Gasteiger partial charge in [-0.25, -0.2) is 0 Å². The number of carbonyl (C=O) groups excluding carboxylic acids is 2. The van der Waals surface area contributed by atoms with Crippen LogP contribution < -0.4 is 5.32 Å². The van der Waals surface area contributed by atoms with Crippen LogP contribution in [0.2, 0.25) is 0 Å². The lowest BCUT2D eigenvalue weighted by Crippen LogP contribution is -2.14. The summed E-state index contributed by atoms with van der Waals surface area (Å²) in [4.78, 5) is 25.9. The first-order valence-electron chi connectivity index (χ1n) is 10.0. The summed E-state index contributed by atoms with van der Waals surface area (Å²) >= 11 is 0. The number of hydrogen-bond donors (Lipinski definition) is 1. The van der Waals surface area contributed by atoms with Crippen LogP contribution >= 0.6 is 0 Å². The Morgan fingerprint density at radius 2 is 1.03 bits per heavy atom. The monoisotopic (exact) mass is 403 g/mol. The zero-order chi connectivity index (χ0) is 21.5. The molecule has 0 aliphatic carbocycles. The van der Waals surface area contributed by atoms with Crippen LogP contribution in [0.1, 0.15) is 20.7 Å². The second kappa shape index (κ2) is 9.51. The van der Waals surface area contributed by atoms with Gasteiger partial charge in [0.05, 0.1) is 5.70 Å². The fourth-order valence-electron chi connectivity index (χ4n) is 3.25. The number of allylic oxidation sites excluding steroid dienone is 2. The maximum absolute atomic E-state index is 13.1. The second-order valence-corrected chi connectivity index (χ2v) is 7.05. The van der Waals surface area contributed by atoms with Crippen molar-refractivity contribution in [2.75, 3.05) is 5.32 Å². The van der Waals surface area contributed by atoms with Crippen molar-refractivity contribution in [1.29, 1.82) is 0 Å². The van der Waals surface area contributed by atoms with Crippen molar-refractivity contribution in [2.24, 2.45) is 0 Å². The minimum absolute atomic E-state index is 0.228. The maximum Gasteiger partial charge on any atom is 0.209 e. The fourth-order valence-corrected chi connectivity index (χ4v) is 3.25. The Morgan fingerprint density at radius 1 is 0.548 bits per heavy atom. The lowest BCUT2D eigenvalue weighted by molar-refractivity contribution is 0.101. The first kappa shape index (κ1) is 20.0. The largest absolute Gasteiger partial charge is 0.352 e. The summed E-state index contributed by atoms with van der Waals surface area (Å²) in [6, 6.07) is 35.7. The lowest BCUT2D eigenvalue weighted by atomic mass is 10.0. The van der Waals surface area contributed by atoms with Crippen molar-refractivity contribution in [3.05, 3.63) is 138 Å². The molecule has 4 rings (SSSR count). The molecular weight excluding hydrogens is 382 g/mol. The second-order valence-electron chi connectivity index (χ2n) is 7.05. The van der Waals surface area contributed by atoms with Gasteiger partial charge in [-0.1, -0.05) is 103 Å². The molecule has 0 radical (unpaired) electrons. The zero-order valence-corrected chi connectivity index (χ0v) is 16.9. The number of nitrogens with one attached hydrogen (secondary N) is 1. The third-order valence-electron chi connectivity index (χ3n) is 4.89. The first-order chi connectivity index (χ1) is 15.2. The van der Waals surface area contributed by atoms with E-state index in [2.05, 4.69) is 5.32 Å². The molecule has 4 aromatic rings. The molecule has 31 heavy (non-hydrogen) atoms. The van der Waals surface area contributed by atoms with Crippen LogP contribution in [-0.2, 0) is 0 Å². The van der Waals surface area contributed by atoms with Crippen molar-refractivity contribution in [1.82, 2.24) is 0 Å². The predicted octanol–water partition coefficient (Wildman–Crippen LogP) is 6.42. The summed E-state index contributed by atoms with van der Waals surface area (Å²) in [6.45, 7) is 0. The van der Waals surface area contributed by atoms with E-state index in [-0.39, 0.29) is 17.3 Å². The summed E-state index contributed by atoms with van der Waals surface area (Å²) in [5.74, 6) is -0.467. The van der Waals surface area contributed by atoms with E-state index in [1.807, 2.05) is 66.7 Å². The minimum atomic E-state index is -0.239. The molecule has 0 atom stereocenters. The van der Waals surface area contributed by atoms with Crippen LogP contribution in [0, 0.1) is 0 Å². The van der Waals surface area contributed by atoms with Crippen molar-refractivity contribution >= 4 is 17.3 Å². The Hall–Kier alpha value is -4.24. The Balaban J connectivity index is 1.63. The van der Waals surface area contributed by atoms with E-state index < -0.39 is 0 Å². The summed E-state index contributed by atoms with van der Waals surface area (Å²) < 4.78 is 0. The smallest absolute Gasteiger partial charge is 0.209 e. The van der Waals surface area contributed by atoms with E-state index in [0.717, 1.165) is 16.8 Å². The molecule has 0 saturated heterocycles. The number of rotatable bonds is 7. The molecule has 0 fully saturated rings. The Morgan fingerprint density at radius 3 is 1.61 bits per heavy atom. The van der Waals surface area contributed by atoms with Gasteiger partial charge in [-0.05, 0) is 23.3 Å². The van der Waals surface area contributed by atoms with Crippen LogP contribution in [-0.4, -0.2) is 11.6 Å². The molecular formula is C28H21NO2. The minimum Gasteiger partial charge on any atom is -0.352 e. The summed E-state index contributed by atoms with van der Waals surface area (Å²) in [5, 5.41) is 3.15. The van der Waals surface area contributed by atoms with E-state index >= 15 is 0 Å². The molecule has 0 amide bonds. The Kier molecular flexibility index (Phi) is 6.15. The normalized spacial score (nSPS) is 11.0. The van der Waals surface area contributed by atoms with E-state index in [1.165, 1.54) is 6.08 Å². The lowest BCUT2D eigenvalue weighted by Gasteiger charge is -2.11. The van der Waals surface area contributed by atoms with E-state index in [1.54, 1.807) is 48.5 Å². The third-order valence-corrected chi connectivity index (χ3v) is 4.89. The predicted molar refractivity (Wildman–Crippen MR) is 125 cm³/mol. The van der Waals surface area contributed by atoms with E-state index in [0.29, 0.717) is 11.1 Å². The molecule has 0 spiro atoms. The van der Waals surface area contributed by atoms with Crippen molar-refractivity contribution < 1.29 is 9.59 Å². The van der Waals surface area contributed by atoms with Gasteiger partial charge in [0.25, 0.3) is 0 Å². The molecule has 4 aromatic carbocycles. The molecule has 3 heteroatoms. The molecule has 150 valence electrons. The number of benzene rings is 4. The fraction of sp³-hybridized carbons (Fsp3) is 0. The van der Waals surface area contributed by atoms with Gasteiger partial charge >= 0.3 is 0 Å². The molecule has 3 nitrogen and oxygen atoms in total. The Labute approximate surface area is 181 Å². The third kappa shape index (κ3) is 5.03. The number of ketones is 2. The standard InChI is InChI=1S/C28H21NO2/c30-27(23-12-6-2-7-13-23)20-26(28(31)24-14-8-3-9-15-24)29-25-18-16-22(17-19-25)21-10-4-1-5-11-21/h1-20,29H/b26-20-. The SMILES string of the molecule is O=C(/C=C(\Nc1ccc(-c2ccccc2)cc1)C(=O)c1ccccc1)c1ccccc1. The van der Waals surface area contributed by atoms with Crippen LogP contribution in [0.25, 0.3) is 11.1 Å². The highest BCUT2D eigenvalue weighted by Crippen LogP contribution is 2.22. The average Bonchev–Trinajstić information content (AvgIpc) is 2.85. The van der Waals surface area contributed by atoms with E-state index in [4.69, 9.17) is 0 Å². The van der Waals surface area contributed by atoms with E-state index in [9.17, 15) is 9.59 Å². The molecule has 0 bridgehead atoms. The van der Waals surface area contributed by atoms with Crippen molar-refractivity contribution in [3.63, 3.8) is 0 Å². The van der Waals surface area contributed by atoms with Gasteiger partial charge in [0.2, 0.25) is 5.78 Å². The van der Waals surface area contributed by atoms with Crippen molar-refractivity contribution in [3.8, 4) is 11.1 Å². The van der Waals surface area contributed by atoms with Gasteiger partial charge in [0, 0.05) is 22.9 Å². The number of anilines is 1. The molecule has 0 unspecified atom stereocenters. The van der Waals surface area contributed by atoms with Gasteiger partial charge in [0.15, 0.2) is 5.78 Å². The van der Waals surface area contributed by atoms with Crippen molar-refractivity contribution in [2.45, 2.75) is 0 Å². The number of Topliss-reactive ketones (excluding diaryl/α,β-unsaturated/α-hetero) is 1. The molecule has 1 N–H and O–H groups in total. The highest BCUT2D eigenvalue weighted by molar-refractivity contribution is 6.16. The summed E-state index contributed by atoms with van der Waals surface area (Å²) in [5.41, 5.74) is 4.20. The molecule has 0 saturated carbocycles. The van der Waals surface area contributed by atoms with Gasteiger partial charge < -0.3 is 5.32 Å². The van der Waals surface area contributed by atoms with Gasteiger partial charge in [-0.2, -0.15) is 0 Å². The highest BCUT2D eigenvalue weighted by atomic mass is 16.1. The zero-order valence-electron chi connectivity index (χ0n) is 16.9. The van der Waals surface area contributed by atoms with Crippen LogP contribution in [0.15, 0.2) is 127 Å². The summed E-state index contributed by atoms with van der Waals surface area (Å²) in [7, 11) is 0.